The Hall–Kier alpha value is -1.46. The zero-order valence-corrected chi connectivity index (χ0v) is 11.7. The summed E-state index contributed by atoms with van der Waals surface area (Å²) in [5.74, 6) is -0.881. The molecule has 1 N–H and O–H groups in total. The van der Waals surface area contributed by atoms with Gasteiger partial charge in [0.05, 0.1) is 16.3 Å². The number of halogens is 1. The summed E-state index contributed by atoms with van der Waals surface area (Å²) in [7, 11) is 0. The van der Waals surface area contributed by atoms with Crippen molar-refractivity contribution in [2.75, 3.05) is 5.75 Å². The Bertz CT molecular complexity index is 624. The van der Waals surface area contributed by atoms with E-state index in [-0.39, 0.29) is 5.75 Å². The molecule has 1 heterocycles. The highest BCUT2D eigenvalue weighted by Crippen LogP contribution is 2.28. The van der Waals surface area contributed by atoms with Crippen LogP contribution in [0.25, 0.3) is 11.0 Å². The van der Waals surface area contributed by atoms with Crippen molar-refractivity contribution < 1.29 is 9.90 Å². The van der Waals surface area contributed by atoms with Crippen LogP contribution in [0.4, 0.5) is 0 Å². The Morgan fingerprint density at radius 2 is 2.37 bits per heavy atom. The summed E-state index contributed by atoms with van der Waals surface area (Å²) in [5.41, 5.74) is 1.63. The smallest absolute Gasteiger partial charge is 0.313 e. The van der Waals surface area contributed by atoms with Gasteiger partial charge in [-0.2, -0.15) is 0 Å². The van der Waals surface area contributed by atoms with Gasteiger partial charge in [0.25, 0.3) is 0 Å². The Morgan fingerprint density at radius 1 is 1.58 bits per heavy atom. The van der Waals surface area contributed by atoms with Crippen LogP contribution in [0, 0.1) is 0 Å². The number of thioether (sulfide) groups is 1. The highest BCUT2D eigenvalue weighted by molar-refractivity contribution is 7.99. The molecule has 1 aromatic carbocycles. The van der Waals surface area contributed by atoms with Gasteiger partial charge in [0, 0.05) is 6.54 Å². The Labute approximate surface area is 120 Å². The SMILES string of the molecule is C=CCCn1c(SCC(=O)O)nc2c(Cl)cccc21. The van der Waals surface area contributed by atoms with E-state index in [1.54, 1.807) is 6.07 Å². The van der Waals surface area contributed by atoms with E-state index in [1.165, 1.54) is 11.8 Å². The van der Waals surface area contributed by atoms with Crippen molar-refractivity contribution in [3.63, 3.8) is 0 Å². The third-order valence-electron chi connectivity index (χ3n) is 2.58. The standard InChI is InChI=1S/C13H13ClN2O2S/c1-2-3-7-16-10-6-4-5-9(14)12(10)15-13(16)19-8-11(17)18/h2,4-6H,1,3,7-8H2,(H,17,18). The Kier molecular flexibility index (Phi) is 4.50. The van der Waals surface area contributed by atoms with Crippen LogP contribution in [0.1, 0.15) is 6.42 Å². The van der Waals surface area contributed by atoms with E-state index in [0.717, 1.165) is 11.9 Å². The molecule has 4 nitrogen and oxygen atoms in total. The fourth-order valence-electron chi connectivity index (χ4n) is 1.76. The van der Waals surface area contributed by atoms with Crippen molar-refractivity contribution in [1.82, 2.24) is 9.55 Å². The van der Waals surface area contributed by atoms with Crippen molar-refractivity contribution in [2.45, 2.75) is 18.1 Å². The van der Waals surface area contributed by atoms with Gasteiger partial charge < -0.3 is 9.67 Å². The summed E-state index contributed by atoms with van der Waals surface area (Å²) in [4.78, 5) is 15.1. The van der Waals surface area contributed by atoms with Crippen molar-refractivity contribution in [2.24, 2.45) is 0 Å². The number of allylic oxidation sites excluding steroid dienone is 1. The van der Waals surface area contributed by atoms with Gasteiger partial charge in [0.2, 0.25) is 0 Å². The molecule has 1 aromatic heterocycles. The Morgan fingerprint density at radius 3 is 3.05 bits per heavy atom. The van der Waals surface area contributed by atoms with E-state index >= 15 is 0 Å². The predicted octanol–water partition coefficient (Wildman–Crippen LogP) is 3.44. The number of hydrogen-bond acceptors (Lipinski definition) is 3. The lowest BCUT2D eigenvalue weighted by Gasteiger charge is -2.06. The molecule has 0 radical (unpaired) electrons. The zero-order chi connectivity index (χ0) is 13.8. The third kappa shape index (κ3) is 3.11. The minimum Gasteiger partial charge on any atom is -0.481 e. The molecule has 0 atom stereocenters. The molecule has 0 saturated heterocycles. The molecule has 2 aromatic rings. The summed E-state index contributed by atoms with van der Waals surface area (Å²) in [6, 6.07) is 5.57. The lowest BCUT2D eigenvalue weighted by atomic mass is 10.3. The normalized spacial score (nSPS) is 10.8. The van der Waals surface area contributed by atoms with E-state index in [2.05, 4.69) is 11.6 Å². The number of para-hydroxylation sites is 1. The van der Waals surface area contributed by atoms with Crippen molar-refractivity contribution >= 4 is 40.4 Å². The van der Waals surface area contributed by atoms with Gasteiger partial charge in [-0.25, -0.2) is 4.98 Å². The quantitative estimate of drug-likeness (QED) is 0.655. The number of aryl methyl sites for hydroxylation is 1. The summed E-state index contributed by atoms with van der Waals surface area (Å²) < 4.78 is 1.98. The van der Waals surface area contributed by atoms with Gasteiger partial charge in [0.1, 0.15) is 5.52 Å². The number of benzene rings is 1. The summed E-state index contributed by atoms with van der Waals surface area (Å²) in [6.45, 7) is 4.41. The summed E-state index contributed by atoms with van der Waals surface area (Å²) in [5, 5.41) is 10.0. The molecule has 2 rings (SSSR count). The highest BCUT2D eigenvalue weighted by Gasteiger charge is 2.13. The second-order valence-corrected chi connectivity index (χ2v) is 5.26. The van der Waals surface area contributed by atoms with E-state index < -0.39 is 5.97 Å². The molecule has 0 aliphatic heterocycles. The number of aliphatic carboxylic acids is 1. The van der Waals surface area contributed by atoms with Gasteiger partial charge in [-0.3, -0.25) is 4.79 Å². The lowest BCUT2D eigenvalue weighted by Crippen LogP contribution is -2.03. The molecule has 6 heteroatoms. The molecule has 0 amide bonds. The second-order valence-electron chi connectivity index (χ2n) is 3.91. The first-order valence-electron chi connectivity index (χ1n) is 5.73. The fraction of sp³-hybridized carbons (Fsp3) is 0.231. The molecule has 0 saturated carbocycles. The molecule has 19 heavy (non-hydrogen) atoms. The lowest BCUT2D eigenvalue weighted by molar-refractivity contribution is -0.133. The first kappa shape index (κ1) is 14.0. The number of carboxylic acids is 1. The van der Waals surface area contributed by atoms with E-state index in [0.29, 0.717) is 22.2 Å². The van der Waals surface area contributed by atoms with Crippen molar-refractivity contribution in [3.8, 4) is 0 Å². The summed E-state index contributed by atoms with van der Waals surface area (Å²) >= 11 is 7.32. The van der Waals surface area contributed by atoms with Gasteiger partial charge in [-0.15, -0.1) is 6.58 Å². The maximum atomic E-state index is 10.7. The number of aromatic nitrogens is 2. The largest absolute Gasteiger partial charge is 0.481 e. The van der Waals surface area contributed by atoms with Gasteiger partial charge in [0.15, 0.2) is 5.16 Å². The zero-order valence-electron chi connectivity index (χ0n) is 10.2. The maximum absolute atomic E-state index is 10.7. The van der Waals surface area contributed by atoms with Crippen molar-refractivity contribution in [3.05, 3.63) is 35.9 Å². The molecular weight excluding hydrogens is 284 g/mol. The molecule has 0 spiro atoms. The Balaban J connectivity index is 2.44. The summed E-state index contributed by atoms with van der Waals surface area (Å²) in [6.07, 6.45) is 2.61. The van der Waals surface area contributed by atoms with Crippen LogP contribution in [0.3, 0.4) is 0 Å². The second kappa shape index (κ2) is 6.12. The van der Waals surface area contributed by atoms with E-state index in [4.69, 9.17) is 16.7 Å². The fourth-order valence-corrected chi connectivity index (χ4v) is 2.73. The molecule has 0 bridgehead atoms. The number of carboxylic acid groups (broad SMARTS) is 1. The van der Waals surface area contributed by atoms with Crippen LogP contribution in [0.5, 0.6) is 0 Å². The van der Waals surface area contributed by atoms with Crippen LogP contribution >= 0.6 is 23.4 Å². The topological polar surface area (TPSA) is 55.1 Å². The molecule has 0 aliphatic rings. The van der Waals surface area contributed by atoms with E-state index in [1.807, 2.05) is 22.8 Å². The number of nitrogens with zero attached hydrogens (tertiary/aromatic N) is 2. The molecule has 0 fully saturated rings. The molecule has 100 valence electrons. The predicted molar refractivity (Wildman–Crippen MR) is 77.9 cm³/mol. The molecule has 0 aliphatic carbocycles. The number of imidazole rings is 1. The third-order valence-corrected chi connectivity index (χ3v) is 3.84. The monoisotopic (exact) mass is 296 g/mol. The van der Waals surface area contributed by atoms with Crippen LogP contribution < -0.4 is 0 Å². The average Bonchev–Trinajstić information content (AvgIpc) is 2.73. The number of hydrogen-bond donors (Lipinski definition) is 1. The highest BCUT2D eigenvalue weighted by atomic mass is 35.5. The number of carbonyl (C=O) groups is 1. The van der Waals surface area contributed by atoms with Gasteiger partial charge in [-0.05, 0) is 18.6 Å². The molecular formula is C13H13ClN2O2S. The van der Waals surface area contributed by atoms with Crippen LogP contribution in [-0.2, 0) is 11.3 Å². The van der Waals surface area contributed by atoms with Gasteiger partial charge >= 0.3 is 5.97 Å². The minimum atomic E-state index is -0.863. The average molecular weight is 297 g/mol. The van der Waals surface area contributed by atoms with Crippen LogP contribution in [-0.4, -0.2) is 26.4 Å². The molecule has 0 unspecified atom stereocenters. The van der Waals surface area contributed by atoms with Crippen LogP contribution in [0.2, 0.25) is 5.02 Å². The number of fused-ring (bicyclic) bond motifs is 1. The maximum Gasteiger partial charge on any atom is 0.313 e. The van der Waals surface area contributed by atoms with Gasteiger partial charge in [-0.1, -0.05) is 35.5 Å². The number of rotatable bonds is 6. The van der Waals surface area contributed by atoms with Crippen LogP contribution in [0.15, 0.2) is 36.0 Å². The minimum absolute atomic E-state index is 0.0188. The van der Waals surface area contributed by atoms with E-state index in [9.17, 15) is 4.79 Å². The van der Waals surface area contributed by atoms with Crippen molar-refractivity contribution in [1.29, 1.82) is 0 Å². The first-order valence-corrected chi connectivity index (χ1v) is 7.10. The first-order chi connectivity index (χ1) is 9.13.